The quantitative estimate of drug-likeness (QED) is 0.853. The Labute approximate surface area is 130 Å². The molecule has 21 heavy (non-hydrogen) atoms. The van der Waals surface area contributed by atoms with Crippen molar-refractivity contribution in [2.24, 2.45) is 5.73 Å². The molecule has 0 fully saturated rings. The third-order valence-electron chi connectivity index (χ3n) is 3.48. The number of amides is 1. The van der Waals surface area contributed by atoms with E-state index in [0.29, 0.717) is 11.4 Å². The number of rotatable bonds is 4. The average molecular weight is 298 g/mol. The van der Waals surface area contributed by atoms with Gasteiger partial charge in [-0.15, -0.1) is 0 Å². The van der Waals surface area contributed by atoms with Crippen molar-refractivity contribution >= 4 is 28.8 Å². The molecule has 0 atom stereocenters. The van der Waals surface area contributed by atoms with Gasteiger partial charge in [0.2, 0.25) is 5.91 Å². The first-order chi connectivity index (χ1) is 9.97. The van der Waals surface area contributed by atoms with Crippen LogP contribution in [0.5, 0.6) is 0 Å². The maximum absolute atomic E-state index is 12.1. The van der Waals surface area contributed by atoms with Crippen molar-refractivity contribution in [2.45, 2.75) is 20.3 Å². The fourth-order valence-electron chi connectivity index (χ4n) is 2.05. The van der Waals surface area contributed by atoms with E-state index in [1.807, 2.05) is 56.3 Å². The van der Waals surface area contributed by atoms with E-state index in [0.717, 1.165) is 27.9 Å². The lowest BCUT2D eigenvalue weighted by Gasteiger charge is -2.10. The Bertz CT molecular complexity index is 678. The Hall–Kier alpha value is -2.20. The summed E-state index contributed by atoms with van der Waals surface area (Å²) in [5.41, 5.74) is 10.4. The maximum atomic E-state index is 12.1. The van der Waals surface area contributed by atoms with Crippen LogP contribution < -0.4 is 11.1 Å². The molecule has 3 nitrogen and oxygen atoms in total. The molecule has 0 saturated heterocycles. The average Bonchev–Trinajstić information content (AvgIpc) is 2.44. The van der Waals surface area contributed by atoms with Gasteiger partial charge >= 0.3 is 0 Å². The lowest BCUT2D eigenvalue weighted by Crippen LogP contribution is -2.15. The topological polar surface area (TPSA) is 55.1 Å². The predicted molar refractivity (Wildman–Crippen MR) is 90.6 cm³/mol. The smallest absolute Gasteiger partial charge is 0.228 e. The van der Waals surface area contributed by atoms with Gasteiger partial charge in [0.1, 0.15) is 4.99 Å². The molecule has 0 saturated carbocycles. The maximum Gasteiger partial charge on any atom is 0.228 e. The standard InChI is InChI=1S/C17H18N2OS/c1-11-4-3-5-15(12(11)2)19-16(20)10-13-6-8-14(9-7-13)17(18)21/h3-9H,10H2,1-2H3,(H2,18,21)(H,19,20). The van der Waals surface area contributed by atoms with Crippen LogP contribution in [0.25, 0.3) is 0 Å². The fraction of sp³-hybridized carbons (Fsp3) is 0.176. The number of hydrogen-bond donors (Lipinski definition) is 2. The van der Waals surface area contributed by atoms with Crippen LogP contribution in [0.2, 0.25) is 0 Å². The largest absolute Gasteiger partial charge is 0.389 e. The van der Waals surface area contributed by atoms with E-state index in [4.69, 9.17) is 18.0 Å². The predicted octanol–water partition coefficient (Wildman–Crippen LogP) is 3.12. The second-order valence-electron chi connectivity index (χ2n) is 5.03. The summed E-state index contributed by atoms with van der Waals surface area (Å²) in [5.74, 6) is -0.0354. The Kier molecular flexibility index (Phi) is 4.70. The second-order valence-corrected chi connectivity index (χ2v) is 5.47. The number of carbonyl (C=O) groups is 1. The van der Waals surface area contributed by atoms with Crippen LogP contribution in [0.15, 0.2) is 42.5 Å². The van der Waals surface area contributed by atoms with Gasteiger partial charge in [0.15, 0.2) is 0 Å². The molecule has 0 radical (unpaired) electrons. The second kappa shape index (κ2) is 6.50. The van der Waals surface area contributed by atoms with Gasteiger partial charge in [-0.25, -0.2) is 0 Å². The minimum Gasteiger partial charge on any atom is -0.389 e. The Balaban J connectivity index is 2.04. The number of hydrogen-bond acceptors (Lipinski definition) is 2. The van der Waals surface area contributed by atoms with Crippen LogP contribution in [0.4, 0.5) is 5.69 Å². The highest BCUT2D eigenvalue weighted by molar-refractivity contribution is 7.80. The lowest BCUT2D eigenvalue weighted by atomic mass is 10.1. The highest BCUT2D eigenvalue weighted by atomic mass is 32.1. The molecule has 2 aromatic rings. The van der Waals surface area contributed by atoms with Crippen LogP contribution in [-0.2, 0) is 11.2 Å². The highest BCUT2D eigenvalue weighted by Gasteiger charge is 2.07. The van der Waals surface area contributed by atoms with E-state index in [1.54, 1.807) is 0 Å². The summed E-state index contributed by atoms with van der Waals surface area (Å²) in [6.45, 7) is 4.03. The molecule has 0 aromatic heterocycles. The zero-order valence-electron chi connectivity index (χ0n) is 12.1. The van der Waals surface area contributed by atoms with E-state index in [9.17, 15) is 4.79 Å². The number of carbonyl (C=O) groups excluding carboxylic acids is 1. The van der Waals surface area contributed by atoms with Crippen LogP contribution in [0.1, 0.15) is 22.3 Å². The van der Waals surface area contributed by atoms with Gasteiger partial charge in [0, 0.05) is 11.3 Å². The zero-order chi connectivity index (χ0) is 15.4. The molecule has 3 N–H and O–H groups in total. The minimum absolute atomic E-state index is 0.0354. The van der Waals surface area contributed by atoms with Gasteiger partial charge in [-0.1, -0.05) is 48.6 Å². The number of benzene rings is 2. The molecule has 0 spiro atoms. The molecule has 2 rings (SSSR count). The zero-order valence-corrected chi connectivity index (χ0v) is 13.0. The Morgan fingerprint density at radius 2 is 1.81 bits per heavy atom. The summed E-state index contributed by atoms with van der Waals surface area (Å²) in [6, 6.07) is 13.3. The normalized spacial score (nSPS) is 10.2. The molecule has 0 aliphatic rings. The highest BCUT2D eigenvalue weighted by Crippen LogP contribution is 2.18. The number of nitrogens with two attached hydrogens (primary N) is 1. The molecule has 0 aliphatic heterocycles. The van der Waals surface area contributed by atoms with E-state index in [1.165, 1.54) is 0 Å². The molecule has 0 heterocycles. The Morgan fingerprint density at radius 1 is 1.14 bits per heavy atom. The number of nitrogens with one attached hydrogen (secondary N) is 1. The van der Waals surface area contributed by atoms with Gasteiger partial charge in [-0.2, -0.15) is 0 Å². The lowest BCUT2D eigenvalue weighted by molar-refractivity contribution is -0.115. The Morgan fingerprint density at radius 3 is 2.43 bits per heavy atom. The summed E-state index contributed by atoms with van der Waals surface area (Å²) in [4.78, 5) is 12.5. The summed E-state index contributed by atoms with van der Waals surface area (Å²) in [7, 11) is 0. The third-order valence-corrected chi connectivity index (χ3v) is 3.72. The fourth-order valence-corrected chi connectivity index (χ4v) is 2.19. The first kappa shape index (κ1) is 15.2. The van der Waals surface area contributed by atoms with Crippen molar-refractivity contribution in [1.82, 2.24) is 0 Å². The van der Waals surface area contributed by atoms with Crippen LogP contribution in [0, 0.1) is 13.8 Å². The summed E-state index contributed by atoms with van der Waals surface area (Å²) in [6.07, 6.45) is 0.324. The van der Waals surface area contributed by atoms with E-state index >= 15 is 0 Å². The molecule has 1 amide bonds. The van der Waals surface area contributed by atoms with E-state index in [-0.39, 0.29) is 5.91 Å². The van der Waals surface area contributed by atoms with Crippen LogP contribution in [-0.4, -0.2) is 10.9 Å². The van der Waals surface area contributed by atoms with E-state index < -0.39 is 0 Å². The monoisotopic (exact) mass is 298 g/mol. The van der Waals surface area contributed by atoms with Gasteiger partial charge in [0.25, 0.3) is 0 Å². The van der Waals surface area contributed by atoms with Crippen molar-refractivity contribution in [3.63, 3.8) is 0 Å². The van der Waals surface area contributed by atoms with Gasteiger partial charge < -0.3 is 11.1 Å². The third kappa shape index (κ3) is 3.89. The molecule has 108 valence electrons. The van der Waals surface area contributed by atoms with Gasteiger partial charge in [-0.3, -0.25) is 4.79 Å². The number of thiocarbonyl (C=S) groups is 1. The van der Waals surface area contributed by atoms with Crippen molar-refractivity contribution in [1.29, 1.82) is 0 Å². The molecule has 0 unspecified atom stereocenters. The van der Waals surface area contributed by atoms with Crippen molar-refractivity contribution in [3.8, 4) is 0 Å². The van der Waals surface area contributed by atoms with Gasteiger partial charge in [0.05, 0.1) is 6.42 Å². The number of anilines is 1. The SMILES string of the molecule is Cc1cccc(NC(=O)Cc2ccc(C(N)=S)cc2)c1C. The molecular formula is C17H18N2OS. The van der Waals surface area contributed by atoms with Crippen molar-refractivity contribution in [3.05, 3.63) is 64.7 Å². The summed E-state index contributed by atoms with van der Waals surface area (Å²) < 4.78 is 0. The minimum atomic E-state index is -0.0354. The van der Waals surface area contributed by atoms with Crippen LogP contribution >= 0.6 is 12.2 Å². The van der Waals surface area contributed by atoms with Gasteiger partial charge in [-0.05, 0) is 36.6 Å². The first-order valence-electron chi connectivity index (χ1n) is 6.72. The van der Waals surface area contributed by atoms with E-state index in [2.05, 4.69) is 5.32 Å². The molecule has 0 aliphatic carbocycles. The molecule has 0 bridgehead atoms. The molecule has 2 aromatic carbocycles. The summed E-state index contributed by atoms with van der Waals surface area (Å²) >= 11 is 4.90. The van der Waals surface area contributed by atoms with Crippen LogP contribution in [0.3, 0.4) is 0 Å². The van der Waals surface area contributed by atoms with Crippen molar-refractivity contribution in [2.75, 3.05) is 5.32 Å². The molecule has 4 heteroatoms. The van der Waals surface area contributed by atoms with Crippen molar-refractivity contribution < 1.29 is 4.79 Å². The summed E-state index contributed by atoms with van der Waals surface area (Å²) in [5, 5.41) is 2.95. The number of aryl methyl sites for hydroxylation is 1. The first-order valence-corrected chi connectivity index (χ1v) is 7.13. The molecular weight excluding hydrogens is 280 g/mol.